The zero-order chi connectivity index (χ0) is 12.8. The van der Waals surface area contributed by atoms with E-state index in [4.69, 9.17) is 0 Å². The molecule has 0 fully saturated rings. The first-order chi connectivity index (χ1) is 8.75. The number of aromatic nitrogens is 1. The first-order valence-corrected chi connectivity index (χ1v) is 6.95. The van der Waals surface area contributed by atoms with Gasteiger partial charge in [0.2, 0.25) is 0 Å². The Bertz CT molecular complexity index is 548. The van der Waals surface area contributed by atoms with Crippen LogP contribution in [0.2, 0.25) is 0 Å². The van der Waals surface area contributed by atoms with Gasteiger partial charge in [-0.3, -0.25) is 4.79 Å². The summed E-state index contributed by atoms with van der Waals surface area (Å²) in [6.45, 7) is 0.783. The van der Waals surface area contributed by atoms with Crippen LogP contribution in [0.3, 0.4) is 0 Å². The fourth-order valence-electron chi connectivity index (χ4n) is 1.93. The molecule has 2 rings (SSSR count). The quantitative estimate of drug-likeness (QED) is 0.773. The normalized spacial score (nSPS) is 10.5. The largest absolute Gasteiger partial charge is 0.314 e. The molecular formula is C15H16BrNO. The van der Waals surface area contributed by atoms with E-state index >= 15 is 0 Å². The molecule has 2 aromatic rings. The summed E-state index contributed by atoms with van der Waals surface area (Å²) in [7, 11) is 0. The topological polar surface area (TPSA) is 22.0 Å². The minimum absolute atomic E-state index is 0.0675. The van der Waals surface area contributed by atoms with Gasteiger partial charge in [-0.1, -0.05) is 30.3 Å². The average molecular weight is 306 g/mol. The van der Waals surface area contributed by atoms with Crippen LogP contribution in [-0.2, 0) is 13.0 Å². The van der Waals surface area contributed by atoms with Crippen LogP contribution in [0.25, 0.3) is 0 Å². The van der Waals surface area contributed by atoms with Crippen LogP contribution in [0.5, 0.6) is 0 Å². The molecule has 0 unspecified atom stereocenters. The molecule has 1 aromatic heterocycles. The van der Waals surface area contributed by atoms with Crippen LogP contribution in [0.4, 0.5) is 0 Å². The van der Waals surface area contributed by atoms with Gasteiger partial charge in [-0.2, -0.15) is 0 Å². The molecule has 0 bridgehead atoms. The maximum atomic E-state index is 11.6. The first kappa shape index (κ1) is 13.1. The smallest absolute Gasteiger partial charge is 0.250 e. The second-order valence-electron chi connectivity index (χ2n) is 4.32. The van der Waals surface area contributed by atoms with Crippen molar-refractivity contribution in [3.63, 3.8) is 0 Å². The van der Waals surface area contributed by atoms with Gasteiger partial charge >= 0.3 is 0 Å². The zero-order valence-corrected chi connectivity index (χ0v) is 11.8. The van der Waals surface area contributed by atoms with E-state index in [-0.39, 0.29) is 5.56 Å². The number of nitrogens with zero attached hydrogens (tertiary/aromatic N) is 1. The maximum Gasteiger partial charge on any atom is 0.250 e. The van der Waals surface area contributed by atoms with Crippen LogP contribution >= 0.6 is 15.9 Å². The van der Waals surface area contributed by atoms with E-state index < -0.39 is 0 Å². The fraction of sp³-hybridized carbons (Fsp3) is 0.267. The van der Waals surface area contributed by atoms with Crippen molar-refractivity contribution in [2.45, 2.75) is 25.8 Å². The molecule has 2 nitrogen and oxygen atoms in total. The van der Waals surface area contributed by atoms with Crippen LogP contribution < -0.4 is 5.56 Å². The monoisotopic (exact) mass is 305 g/mol. The molecule has 18 heavy (non-hydrogen) atoms. The lowest BCUT2D eigenvalue weighted by Crippen LogP contribution is -2.18. The summed E-state index contributed by atoms with van der Waals surface area (Å²) >= 11 is 3.38. The number of aryl methyl sites for hydroxylation is 2. The van der Waals surface area contributed by atoms with Gasteiger partial charge < -0.3 is 4.57 Å². The van der Waals surface area contributed by atoms with Crippen molar-refractivity contribution in [1.29, 1.82) is 0 Å². The molecule has 94 valence electrons. The molecule has 0 radical (unpaired) electrons. The molecule has 1 aromatic carbocycles. The van der Waals surface area contributed by atoms with Crippen molar-refractivity contribution < 1.29 is 0 Å². The highest BCUT2D eigenvalue weighted by atomic mass is 79.9. The third kappa shape index (κ3) is 3.84. The van der Waals surface area contributed by atoms with Gasteiger partial charge in [0.05, 0.1) is 0 Å². The minimum Gasteiger partial charge on any atom is -0.314 e. The van der Waals surface area contributed by atoms with Gasteiger partial charge in [0.1, 0.15) is 0 Å². The molecular weight excluding hydrogens is 290 g/mol. The van der Waals surface area contributed by atoms with Crippen molar-refractivity contribution >= 4 is 15.9 Å². The van der Waals surface area contributed by atoms with E-state index in [1.165, 1.54) is 5.56 Å². The number of halogens is 1. The summed E-state index contributed by atoms with van der Waals surface area (Å²) in [5, 5.41) is 0. The fourth-order valence-corrected chi connectivity index (χ4v) is 2.31. The summed E-state index contributed by atoms with van der Waals surface area (Å²) in [5.74, 6) is 0. The highest BCUT2D eigenvalue weighted by Crippen LogP contribution is 2.07. The molecule has 0 aliphatic carbocycles. The lowest BCUT2D eigenvalue weighted by Gasteiger charge is -2.06. The van der Waals surface area contributed by atoms with Crippen LogP contribution in [0.1, 0.15) is 18.4 Å². The van der Waals surface area contributed by atoms with Crippen LogP contribution in [0, 0.1) is 0 Å². The highest BCUT2D eigenvalue weighted by Gasteiger charge is 1.97. The third-order valence-corrected chi connectivity index (χ3v) is 3.37. The Hall–Kier alpha value is -1.35. The van der Waals surface area contributed by atoms with E-state index in [2.05, 4.69) is 40.2 Å². The SMILES string of the molecule is O=c1ccc(Br)cn1CCCCc1ccccc1. The lowest BCUT2D eigenvalue weighted by atomic mass is 10.1. The average Bonchev–Trinajstić information content (AvgIpc) is 2.40. The Labute approximate surface area is 115 Å². The Morgan fingerprint density at radius 2 is 1.78 bits per heavy atom. The Morgan fingerprint density at radius 1 is 1.00 bits per heavy atom. The molecule has 0 N–H and O–H groups in total. The molecule has 0 aliphatic heterocycles. The van der Waals surface area contributed by atoms with Gasteiger partial charge in [-0.25, -0.2) is 0 Å². The second kappa shape index (κ2) is 6.55. The van der Waals surface area contributed by atoms with E-state index in [0.717, 1.165) is 30.3 Å². The molecule has 0 amide bonds. The van der Waals surface area contributed by atoms with Crippen molar-refractivity contribution in [3.8, 4) is 0 Å². The number of hydrogen-bond donors (Lipinski definition) is 0. The summed E-state index contributed by atoms with van der Waals surface area (Å²) in [6, 6.07) is 13.8. The number of unbranched alkanes of at least 4 members (excludes halogenated alkanes) is 1. The van der Waals surface area contributed by atoms with E-state index in [1.54, 1.807) is 16.7 Å². The number of pyridine rings is 1. The zero-order valence-electron chi connectivity index (χ0n) is 10.2. The van der Waals surface area contributed by atoms with E-state index in [9.17, 15) is 4.79 Å². The van der Waals surface area contributed by atoms with Gasteiger partial charge in [0.25, 0.3) is 5.56 Å². The first-order valence-electron chi connectivity index (χ1n) is 6.15. The lowest BCUT2D eigenvalue weighted by molar-refractivity contribution is 0.592. The maximum absolute atomic E-state index is 11.6. The molecule has 0 saturated heterocycles. The molecule has 1 heterocycles. The number of benzene rings is 1. The Morgan fingerprint density at radius 3 is 2.56 bits per heavy atom. The predicted molar refractivity (Wildman–Crippen MR) is 77.8 cm³/mol. The third-order valence-electron chi connectivity index (χ3n) is 2.90. The molecule has 0 saturated carbocycles. The summed E-state index contributed by atoms with van der Waals surface area (Å²) in [6.07, 6.45) is 5.04. The van der Waals surface area contributed by atoms with Crippen molar-refractivity contribution in [2.24, 2.45) is 0 Å². The highest BCUT2D eigenvalue weighted by molar-refractivity contribution is 9.10. The molecule has 0 spiro atoms. The van der Waals surface area contributed by atoms with Crippen LogP contribution in [-0.4, -0.2) is 4.57 Å². The van der Waals surface area contributed by atoms with Gasteiger partial charge in [0, 0.05) is 23.3 Å². The minimum atomic E-state index is 0.0675. The van der Waals surface area contributed by atoms with Crippen molar-refractivity contribution in [3.05, 3.63) is 69.1 Å². The Balaban J connectivity index is 1.82. The van der Waals surface area contributed by atoms with E-state index in [1.807, 2.05) is 12.3 Å². The predicted octanol–water partition coefficient (Wildman–Crippen LogP) is 3.63. The number of rotatable bonds is 5. The van der Waals surface area contributed by atoms with Crippen LogP contribution in [0.15, 0.2) is 57.9 Å². The standard InChI is InChI=1S/C15H16BrNO/c16-14-9-10-15(18)17(12-14)11-5-4-8-13-6-2-1-3-7-13/h1-3,6-7,9-10,12H,4-5,8,11H2. The second-order valence-corrected chi connectivity index (χ2v) is 5.24. The molecule has 0 aliphatic rings. The van der Waals surface area contributed by atoms with Gasteiger partial charge in [-0.15, -0.1) is 0 Å². The number of hydrogen-bond acceptors (Lipinski definition) is 1. The molecule has 0 atom stereocenters. The molecule has 3 heteroatoms. The van der Waals surface area contributed by atoms with Crippen molar-refractivity contribution in [2.75, 3.05) is 0 Å². The van der Waals surface area contributed by atoms with Crippen molar-refractivity contribution in [1.82, 2.24) is 4.57 Å². The summed E-state index contributed by atoms with van der Waals surface area (Å²) in [4.78, 5) is 11.6. The van der Waals surface area contributed by atoms with Gasteiger partial charge in [-0.05, 0) is 46.8 Å². The summed E-state index contributed by atoms with van der Waals surface area (Å²) < 4.78 is 2.71. The Kier molecular flexibility index (Phi) is 4.76. The summed E-state index contributed by atoms with van der Waals surface area (Å²) in [5.41, 5.74) is 1.43. The van der Waals surface area contributed by atoms with Gasteiger partial charge in [0.15, 0.2) is 0 Å². The van der Waals surface area contributed by atoms with E-state index in [0.29, 0.717) is 0 Å².